The highest BCUT2D eigenvalue weighted by Crippen LogP contribution is 2.36. The summed E-state index contributed by atoms with van der Waals surface area (Å²) in [5.41, 5.74) is 0.542. The van der Waals surface area contributed by atoms with Crippen molar-refractivity contribution in [3.63, 3.8) is 0 Å². The lowest BCUT2D eigenvalue weighted by Gasteiger charge is -2.37. The molecule has 3 heterocycles. The average Bonchev–Trinajstić information content (AvgIpc) is 2.62. The van der Waals surface area contributed by atoms with Gasteiger partial charge in [-0.2, -0.15) is 0 Å². The summed E-state index contributed by atoms with van der Waals surface area (Å²) in [6.07, 6.45) is 7.70. The number of aliphatic hydroxyl groups is 1. The number of aliphatic hydroxyl groups excluding tert-OH is 1. The molecule has 3 rings (SSSR count). The first-order chi connectivity index (χ1) is 8.25. The zero-order chi connectivity index (χ0) is 11.8. The molecule has 2 saturated heterocycles. The summed E-state index contributed by atoms with van der Waals surface area (Å²) in [6, 6.07) is 0.382. The van der Waals surface area contributed by atoms with Crippen LogP contribution in [0.2, 0.25) is 0 Å². The second kappa shape index (κ2) is 4.07. The number of carbonyl (C=O) groups is 1. The third kappa shape index (κ3) is 1.80. The first-order valence-corrected chi connectivity index (χ1v) is 6.01. The first kappa shape index (κ1) is 10.7. The SMILES string of the molecule is O=C(c1cncnc1)N1C2CCC1CC(O)C2. The highest BCUT2D eigenvalue weighted by molar-refractivity contribution is 5.94. The Labute approximate surface area is 99.5 Å². The monoisotopic (exact) mass is 233 g/mol. The third-order valence-electron chi connectivity index (χ3n) is 3.75. The Bertz CT molecular complexity index is 409. The van der Waals surface area contributed by atoms with E-state index in [1.807, 2.05) is 4.90 Å². The minimum absolute atomic E-state index is 0.00463. The molecule has 5 heteroatoms. The second-order valence-corrected chi connectivity index (χ2v) is 4.85. The zero-order valence-electron chi connectivity index (χ0n) is 9.49. The van der Waals surface area contributed by atoms with Crippen LogP contribution in [-0.2, 0) is 0 Å². The van der Waals surface area contributed by atoms with Crippen molar-refractivity contribution < 1.29 is 9.90 Å². The van der Waals surface area contributed by atoms with Crippen LogP contribution >= 0.6 is 0 Å². The summed E-state index contributed by atoms with van der Waals surface area (Å²) >= 11 is 0. The minimum atomic E-state index is -0.247. The van der Waals surface area contributed by atoms with Gasteiger partial charge in [-0.05, 0) is 25.7 Å². The van der Waals surface area contributed by atoms with E-state index < -0.39 is 0 Å². The maximum atomic E-state index is 12.3. The number of rotatable bonds is 1. The van der Waals surface area contributed by atoms with Crippen molar-refractivity contribution in [3.8, 4) is 0 Å². The molecule has 5 nitrogen and oxygen atoms in total. The van der Waals surface area contributed by atoms with E-state index in [9.17, 15) is 9.90 Å². The van der Waals surface area contributed by atoms with Crippen molar-refractivity contribution in [1.82, 2.24) is 14.9 Å². The van der Waals surface area contributed by atoms with E-state index in [1.54, 1.807) is 12.4 Å². The van der Waals surface area contributed by atoms with Gasteiger partial charge in [-0.1, -0.05) is 0 Å². The van der Waals surface area contributed by atoms with Gasteiger partial charge in [0.2, 0.25) is 0 Å². The van der Waals surface area contributed by atoms with Crippen LogP contribution in [0.25, 0.3) is 0 Å². The fourth-order valence-corrected chi connectivity index (χ4v) is 3.04. The smallest absolute Gasteiger partial charge is 0.257 e. The fraction of sp³-hybridized carbons (Fsp3) is 0.583. The Morgan fingerprint density at radius 1 is 1.24 bits per heavy atom. The molecule has 2 bridgehead atoms. The lowest BCUT2D eigenvalue weighted by atomic mass is 9.99. The number of hydrogen-bond donors (Lipinski definition) is 1. The maximum Gasteiger partial charge on any atom is 0.257 e. The Morgan fingerprint density at radius 3 is 2.41 bits per heavy atom. The van der Waals surface area contributed by atoms with E-state index in [2.05, 4.69) is 9.97 Å². The van der Waals surface area contributed by atoms with E-state index in [0.29, 0.717) is 18.4 Å². The molecule has 2 atom stereocenters. The number of fused-ring (bicyclic) bond motifs is 2. The van der Waals surface area contributed by atoms with Gasteiger partial charge in [-0.15, -0.1) is 0 Å². The van der Waals surface area contributed by atoms with Crippen LogP contribution in [0.3, 0.4) is 0 Å². The predicted octanol–water partition coefficient (Wildman–Crippen LogP) is 0.604. The molecule has 0 aromatic carbocycles. The quantitative estimate of drug-likeness (QED) is 0.771. The molecule has 2 aliphatic rings. The molecule has 1 aromatic rings. The number of nitrogens with zero attached hydrogens (tertiary/aromatic N) is 3. The molecule has 17 heavy (non-hydrogen) atoms. The Balaban J connectivity index is 1.84. The van der Waals surface area contributed by atoms with E-state index in [1.165, 1.54) is 6.33 Å². The molecule has 1 amide bonds. The molecule has 2 unspecified atom stereocenters. The van der Waals surface area contributed by atoms with Gasteiger partial charge in [0.05, 0.1) is 11.7 Å². The lowest BCUT2D eigenvalue weighted by molar-refractivity contribution is 0.0286. The largest absolute Gasteiger partial charge is 0.393 e. The molecule has 2 fully saturated rings. The van der Waals surface area contributed by atoms with Crippen LogP contribution in [0.5, 0.6) is 0 Å². The van der Waals surface area contributed by atoms with Crippen molar-refractivity contribution in [2.45, 2.75) is 43.9 Å². The molecule has 0 radical (unpaired) electrons. The topological polar surface area (TPSA) is 66.3 Å². The van der Waals surface area contributed by atoms with Gasteiger partial charge in [0, 0.05) is 24.5 Å². The summed E-state index contributed by atoms with van der Waals surface area (Å²) in [4.78, 5) is 22.0. The fourth-order valence-electron chi connectivity index (χ4n) is 3.04. The maximum absolute atomic E-state index is 12.3. The van der Waals surface area contributed by atoms with Crippen molar-refractivity contribution in [2.75, 3.05) is 0 Å². The molecule has 2 aliphatic heterocycles. The van der Waals surface area contributed by atoms with Gasteiger partial charge in [0.15, 0.2) is 0 Å². The molecule has 0 saturated carbocycles. The van der Waals surface area contributed by atoms with Gasteiger partial charge in [-0.3, -0.25) is 4.79 Å². The minimum Gasteiger partial charge on any atom is -0.393 e. The van der Waals surface area contributed by atoms with Gasteiger partial charge >= 0.3 is 0 Å². The molecule has 1 aromatic heterocycles. The number of amides is 1. The number of hydrogen-bond acceptors (Lipinski definition) is 4. The molecule has 1 N–H and O–H groups in total. The lowest BCUT2D eigenvalue weighted by Crippen LogP contribution is -2.48. The van der Waals surface area contributed by atoms with Crippen LogP contribution in [0.1, 0.15) is 36.0 Å². The molecular weight excluding hydrogens is 218 g/mol. The number of carbonyl (C=O) groups excluding carboxylic acids is 1. The molecular formula is C12H15N3O2. The van der Waals surface area contributed by atoms with Crippen LogP contribution in [0, 0.1) is 0 Å². The molecule has 0 spiro atoms. The second-order valence-electron chi connectivity index (χ2n) is 4.85. The standard InChI is InChI=1S/C12H15N3O2/c16-11-3-9-1-2-10(4-11)15(9)12(17)8-5-13-7-14-6-8/h5-7,9-11,16H,1-4H2. The van der Waals surface area contributed by atoms with Crippen LogP contribution in [0.15, 0.2) is 18.7 Å². The number of piperidine rings is 1. The van der Waals surface area contributed by atoms with Gasteiger partial charge in [0.1, 0.15) is 6.33 Å². The summed E-state index contributed by atoms with van der Waals surface area (Å²) in [5.74, 6) is 0.00463. The predicted molar refractivity (Wildman–Crippen MR) is 60.3 cm³/mol. The van der Waals surface area contributed by atoms with Crippen molar-refractivity contribution in [1.29, 1.82) is 0 Å². The van der Waals surface area contributed by atoms with Crippen LogP contribution < -0.4 is 0 Å². The Morgan fingerprint density at radius 2 is 1.82 bits per heavy atom. The van der Waals surface area contributed by atoms with Gasteiger partial charge in [-0.25, -0.2) is 9.97 Å². The Kier molecular flexibility index (Phi) is 2.55. The first-order valence-electron chi connectivity index (χ1n) is 6.01. The summed E-state index contributed by atoms with van der Waals surface area (Å²) < 4.78 is 0. The third-order valence-corrected chi connectivity index (χ3v) is 3.75. The van der Waals surface area contributed by atoms with E-state index in [0.717, 1.165) is 12.8 Å². The Hall–Kier alpha value is -1.49. The summed E-state index contributed by atoms with van der Waals surface area (Å²) in [5, 5.41) is 9.70. The normalized spacial score (nSPS) is 31.6. The van der Waals surface area contributed by atoms with Crippen molar-refractivity contribution in [2.24, 2.45) is 0 Å². The van der Waals surface area contributed by atoms with Crippen molar-refractivity contribution in [3.05, 3.63) is 24.3 Å². The van der Waals surface area contributed by atoms with E-state index in [4.69, 9.17) is 0 Å². The van der Waals surface area contributed by atoms with E-state index >= 15 is 0 Å². The molecule has 0 aliphatic carbocycles. The highest BCUT2D eigenvalue weighted by atomic mass is 16.3. The van der Waals surface area contributed by atoms with Crippen molar-refractivity contribution >= 4 is 5.91 Å². The highest BCUT2D eigenvalue weighted by Gasteiger charge is 2.42. The summed E-state index contributed by atoms with van der Waals surface area (Å²) in [6.45, 7) is 0. The zero-order valence-corrected chi connectivity index (χ0v) is 9.49. The van der Waals surface area contributed by atoms with E-state index in [-0.39, 0.29) is 24.1 Å². The van der Waals surface area contributed by atoms with Crippen LogP contribution in [0.4, 0.5) is 0 Å². The van der Waals surface area contributed by atoms with Gasteiger partial charge < -0.3 is 10.0 Å². The molecule has 90 valence electrons. The summed E-state index contributed by atoms with van der Waals surface area (Å²) in [7, 11) is 0. The van der Waals surface area contributed by atoms with Crippen LogP contribution in [-0.4, -0.2) is 44.1 Å². The van der Waals surface area contributed by atoms with Gasteiger partial charge in [0.25, 0.3) is 5.91 Å². The average molecular weight is 233 g/mol. The number of aromatic nitrogens is 2.